The van der Waals surface area contributed by atoms with Gasteiger partial charge in [-0.3, -0.25) is 0 Å². The fourth-order valence-electron chi connectivity index (χ4n) is 10.0. The monoisotopic (exact) mass is 1130 g/mol. The molecule has 0 saturated heterocycles. The van der Waals surface area contributed by atoms with Gasteiger partial charge in [-0.15, -0.1) is 0 Å². The smallest absolute Gasteiger partial charge is 0.162 e. The molecular formula is C72H72F2N4O6. The van der Waals surface area contributed by atoms with Crippen LogP contribution in [0.1, 0.15) is 90.9 Å². The van der Waals surface area contributed by atoms with E-state index in [9.17, 15) is 8.78 Å². The van der Waals surface area contributed by atoms with E-state index in [0.717, 1.165) is 155 Å². The van der Waals surface area contributed by atoms with E-state index < -0.39 is 11.6 Å². The zero-order valence-electron chi connectivity index (χ0n) is 48.0. The number of aromatic nitrogens is 4. The molecular weight excluding hydrogens is 1050 g/mol. The minimum absolute atomic E-state index is 0.326. The van der Waals surface area contributed by atoms with Crippen LogP contribution >= 0.6 is 0 Å². The summed E-state index contributed by atoms with van der Waals surface area (Å²) in [5.74, 6) is 4.13. The van der Waals surface area contributed by atoms with Gasteiger partial charge in [0.2, 0.25) is 0 Å². The number of unbranched alkanes of at least 4 members (excludes halogenated alkanes) is 8. The van der Waals surface area contributed by atoms with Gasteiger partial charge < -0.3 is 28.4 Å². The Hall–Kier alpha value is -8.90. The Balaban J connectivity index is 0.665. The van der Waals surface area contributed by atoms with Gasteiger partial charge in [-0.2, -0.15) is 0 Å². The SMILES string of the molecule is CCCCOc1ccc(-c2ncc(-c3ccc(OCCCCCCOc4ccc5ccccc5c4-c4c(OCCCCCCOc5ccc(-c6cnc(-c7ccc(OCCCC)cc7F)nc6)cc5)ccc5ccccc45)cc3)cn2)c(F)c1. The van der Waals surface area contributed by atoms with Crippen molar-refractivity contribution in [2.75, 3.05) is 39.6 Å². The second-order valence-corrected chi connectivity index (χ2v) is 20.9. The molecule has 84 heavy (non-hydrogen) atoms. The summed E-state index contributed by atoms with van der Waals surface area (Å²) < 4.78 is 66.8. The highest BCUT2D eigenvalue weighted by Crippen LogP contribution is 2.46. The van der Waals surface area contributed by atoms with Gasteiger partial charge in [0.1, 0.15) is 46.1 Å². The molecule has 0 spiro atoms. The number of hydrogen-bond acceptors (Lipinski definition) is 10. The molecule has 0 atom stereocenters. The number of fused-ring (bicyclic) bond motifs is 2. The van der Waals surface area contributed by atoms with Crippen molar-refractivity contribution in [1.82, 2.24) is 19.9 Å². The van der Waals surface area contributed by atoms with Gasteiger partial charge in [0.25, 0.3) is 0 Å². The van der Waals surface area contributed by atoms with Gasteiger partial charge in [0.15, 0.2) is 11.6 Å². The highest BCUT2D eigenvalue weighted by Gasteiger charge is 2.20. The number of ether oxygens (including phenoxy) is 6. The van der Waals surface area contributed by atoms with Crippen molar-refractivity contribution in [2.45, 2.75) is 90.9 Å². The van der Waals surface area contributed by atoms with E-state index in [1.54, 1.807) is 49.1 Å². The molecule has 10 nitrogen and oxygen atoms in total. The van der Waals surface area contributed by atoms with E-state index in [2.05, 4.69) is 107 Å². The third kappa shape index (κ3) is 15.4. The maximum Gasteiger partial charge on any atom is 0.162 e. The first-order valence-corrected chi connectivity index (χ1v) is 29.7. The Bertz CT molecular complexity index is 3450. The van der Waals surface area contributed by atoms with Crippen LogP contribution in [0.3, 0.4) is 0 Å². The van der Waals surface area contributed by atoms with Gasteiger partial charge in [-0.05, 0) is 158 Å². The molecule has 430 valence electrons. The normalized spacial score (nSPS) is 11.2. The highest BCUT2D eigenvalue weighted by atomic mass is 19.1. The third-order valence-corrected chi connectivity index (χ3v) is 14.7. The molecule has 10 aromatic rings. The number of halogens is 2. The number of benzene rings is 8. The minimum atomic E-state index is -0.411. The standard InChI is InChI=1S/C72H72F2N4O6/c1-3-5-39-81-59-33-35-63(65(73)45-59)71-75-47-55(48-76-71)51-23-29-57(30-24-51)79-41-15-7-9-17-43-83-67-37-27-53-19-11-13-21-61(53)69(67)70-62-22-14-12-20-54(62)28-38-68(70)84-44-18-10-8-16-42-80-58-31-25-52(26-32-58)56-49-77-72(78-50-56)64-36-34-60(46-66(64)74)82-40-6-4-2/h11-14,19-38,45-50H,3-10,15-18,39-44H2,1-2H3. The van der Waals surface area contributed by atoms with Crippen molar-refractivity contribution in [3.05, 3.63) is 194 Å². The van der Waals surface area contributed by atoms with Crippen molar-refractivity contribution >= 4 is 21.5 Å². The second-order valence-electron chi connectivity index (χ2n) is 20.9. The van der Waals surface area contributed by atoms with Crippen LogP contribution in [-0.4, -0.2) is 59.6 Å². The minimum Gasteiger partial charge on any atom is -0.494 e. The van der Waals surface area contributed by atoms with Gasteiger partial charge in [0, 0.05) is 59.2 Å². The maximum absolute atomic E-state index is 14.9. The summed E-state index contributed by atoms with van der Waals surface area (Å²) in [4.78, 5) is 17.9. The Kier molecular flexibility index (Phi) is 20.7. The lowest BCUT2D eigenvalue weighted by atomic mass is 9.92. The molecule has 0 bridgehead atoms. The van der Waals surface area contributed by atoms with Crippen LogP contribution in [0.15, 0.2) is 183 Å². The van der Waals surface area contributed by atoms with Crippen LogP contribution < -0.4 is 28.4 Å². The lowest BCUT2D eigenvalue weighted by Gasteiger charge is -2.20. The van der Waals surface area contributed by atoms with Gasteiger partial charge in [0.05, 0.1) is 50.8 Å². The van der Waals surface area contributed by atoms with Gasteiger partial charge in [-0.1, -0.05) is 112 Å². The summed E-state index contributed by atoms with van der Waals surface area (Å²) in [5.41, 5.74) is 6.34. The first kappa shape index (κ1) is 58.3. The Morgan fingerprint density at radius 3 is 1.05 bits per heavy atom. The molecule has 0 saturated carbocycles. The Labute approximate surface area is 491 Å². The summed E-state index contributed by atoms with van der Waals surface area (Å²) in [5, 5.41) is 4.53. The van der Waals surface area contributed by atoms with Gasteiger partial charge in [-0.25, -0.2) is 28.7 Å². The molecule has 0 N–H and O–H groups in total. The van der Waals surface area contributed by atoms with Crippen LogP contribution in [0.2, 0.25) is 0 Å². The van der Waals surface area contributed by atoms with Crippen LogP contribution in [-0.2, 0) is 0 Å². The lowest BCUT2D eigenvalue weighted by Crippen LogP contribution is -2.03. The molecule has 0 aliphatic rings. The van der Waals surface area contributed by atoms with Crippen molar-refractivity contribution in [2.24, 2.45) is 0 Å². The fraction of sp³-hybridized carbons (Fsp3) is 0.278. The molecule has 10 rings (SSSR count). The average Bonchev–Trinajstić information content (AvgIpc) is 1.88. The quantitative estimate of drug-likeness (QED) is 0.0390. The largest absolute Gasteiger partial charge is 0.494 e. The molecule has 0 aliphatic carbocycles. The van der Waals surface area contributed by atoms with Crippen LogP contribution in [0.25, 0.3) is 77.7 Å². The van der Waals surface area contributed by atoms with Crippen molar-refractivity contribution in [3.8, 4) is 90.7 Å². The first-order chi connectivity index (χ1) is 41.4. The summed E-state index contributed by atoms with van der Waals surface area (Å²) in [6.07, 6.45) is 18.4. The number of rotatable bonds is 31. The third-order valence-electron chi connectivity index (χ3n) is 14.7. The van der Waals surface area contributed by atoms with E-state index in [-0.39, 0.29) is 0 Å². The molecule has 12 heteroatoms. The predicted octanol–water partition coefficient (Wildman–Crippen LogP) is 18.6. The van der Waals surface area contributed by atoms with Crippen LogP contribution in [0.4, 0.5) is 8.78 Å². The molecule has 2 aromatic heterocycles. The molecule has 0 unspecified atom stereocenters. The molecule has 0 radical (unpaired) electrons. The van der Waals surface area contributed by atoms with E-state index >= 15 is 0 Å². The fourth-order valence-corrected chi connectivity index (χ4v) is 10.0. The van der Waals surface area contributed by atoms with Crippen LogP contribution in [0.5, 0.6) is 34.5 Å². The lowest BCUT2D eigenvalue weighted by molar-refractivity contribution is 0.286. The van der Waals surface area contributed by atoms with E-state index in [4.69, 9.17) is 28.4 Å². The predicted molar refractivity (Wildman–Crippen MR) is 332 cm³/mol. The number of nitrogens with zero attached hydrogens (tertiary/aromatic N) is 4. The molecule has 0 fully saturated rings. The summed E-state index contributed by atoms with van der Waals surface area (Å²) in [6, 6.07) is 50.9. The molecule has 2 heterocycles. The number of hydrogen-bond donors (Lipinski definition) is 0. The van der Waals surface area contributed by atoms with Crippen molar-refractivity contribution < 1.29 is 37.2 Å². The summed E-state index contributed by atoms with van der Waals surface area (Å²) >= 11 is 0. The zero-order valence-corrected chi connectivity index (χ0v) is 48.0. The van der Waals surface area contributed by atoms with Crippen LogP contribution in [0, 0.1) is 11.6 Å². The molecule has 0 aliphatic heterocycles. The Morgan fingerprint density at radius 2 is 0.667 bits per heavy atom. The topological polar surface area (TPSA) is 107 Å². The van der Waals surface area contributed by atoms with Crippen molar-refractivity contribution in [3.63, 3.8) is 0 Å². The maximum atomic E-state index is 14.9. The van der Waals surface area contributed by atoms with Gasteiger partial charge >= 0.3 is 0 Å². The highest BCUT2D eigenvalue weighted by molar-refractivity contribution is 6.09. The van der Waals surface area contributed by atoms with E-state index in [1.807, 2.05) is 48.5 Å². The zero-order chi connectivity index (χ0) is 57.7. The summed E-state index contributed by atoms with van der Waals surface area (Å²) in [6.45, 7) is 7.70. The molecule has 8 aromatic carbocycles. The summed E-state index contributed by atoms with van der Waals surface area (Å²) in [7, 11) is 0. The van der Waals surface area contributed by atoms with E-state index in [0.29, 0.717) is 73.9 Å². The second kappa shape index (κ2) is 29.9. The first-order valence-electron chi connectivity index (χ1n) is 29.7. The molecule has 0 amide bonds. The average molecular weight is 1130 g/mol. The van der Waals surface area contributed by atoms with Crippen molar-refractivity contribution in [1.29, 1.82) is 0 Å². The van der Waals surface area contributed by atoms with E-state index in [1.165, 1.54) is 12.1 Å². The Morgan fingerprint density at radius 1 is 0.321 bits per heavy atom.